The fourth-order valence-electron chi connectivity index (χ4n) is 2.19. The van der Waals surface area contributed by atoms with E-state index in [1.54, 1.807) is 11.3 Å². The van der Waals surface area contributed by atoms with E-state index in [1.165, 1.54) is 0 Å². The van der Waals surface area contributed by atoms with Crippen molar-refractivity contribution in [1.29, 1.82) is 0 Å². The summed E-state index contributed by atoms with van der Waals surface area (Å²) in [5, 5.41) is 9.29. The normalized spacial score (nSPS) is 10.5. The van der Waals surface area contributed by atoms with Crippen LogP contribution in [0.15, 0.2) is 60.2 Å². The van der Waals surface area contributed by atoms with Crippen LogP contribution >= 0.6 is 11.3 Å². The molecule has 1 aromatic carbocycles. The fraction of sp³-hybridized carbons (Fsp3) is 0.176. The summed E-state index contributed by atoms with van der Waals surface area (Å²) in [7, 11) is 0. The van der Waals surface area contributed by atoms with Gasteiger partial charge in [0.2, 0.25) is 5.91 Å². The third-order valence-corrected chi connectivity index (χ3v) is 4.18. The minimum Gasteiger partial charge on any atom is -0.355 e. The van der Waals surface area contributed by atoms with E-state index >= 15 is 0 Å². The van der Waals surface area contributed by atoms with Gasteiger partial charge >= 0.3 is 0 Å². The standard InChI is InChI=1S/C17H17N3OS/c21-17(11-16-7-4-10-22-16)18-9-8-14-12-19-20(13-14)15-5-2-1-3-6-15/h1-7,10,12-13H,8-9,11H2,(H,18,21). The highest BCUT2D eigenvalue weighted by Crippen LogP contribution is 2.09. The SMILES string of the molecule is O=C(Cc1cccs1)NCCc1cnn(-c2ccccc2)c1. The van der Waals surface area contributed by atoms with Crippen molar-refractivity contribution < 1.29 is 4.79 Å². The first-order chi connectivity index (χ1) is 10.8. The summed E-state index contributed by atoms with van der Waals surface area (Å²) >= 11 is 1.61. The molecule has 0 unspecified atom stereocenters. The molecule has 4 nitrogen and oxygen atoms in total. The number of nitrogens with one attached hydrogen (secondary N) is 1. The smallest absolute Gasteiger partial charge is 0.225 e. The Hall–Kier alpha value is -2.40. The number of nitrogens with zero attached hydrogens (tertiary/aromatic N) is 2. The number of aromatic nitrogens is 2. The quantitative estimate of drug-likeness (QED) is 0.761. The van der Waals surface area contributed by atoms with E-state index in [9.17, 15) is 4.79 Å². The Morgan fingerprint density at radius 3 is 2.82 bits per heavy atom. The van der Waals surface area contributed by atoms with Gasteiger partial charge in [0, 0.05) is 17.6 Å². The Kier molecular flexibility index (Phi) is 4.65. The van der Waals surface area contributed by atoms with Gasteiger partial charge in [-0.3, -0.25) is 4.79 Å². The highest BCUT2D eigenvalue weighted by molar-refractivity contribution is 7.10. The second kappa shape index (κ2) is 7.04. The molecule has 2 heterocycles. The molecule has 22 heavy (non-hydrogen) atoms. The molecule has 0 fully saturated rings. The number of rotatable bonds is 6. The summed E-state index contributed by atoms with van der Waals surface area (Å²) < 4.78 is 1.85. The first kappa shape index (κ1) is 14.5. The topological polar surface area (TPSA) is 46.9 Å². The molecule has 3 rings (SSSR count). The predicted molar refractivity (Wildman–Crippen MR) is 88.3 cm³/mol. The Bertz CT molecular complexity index is 719. The Labute approximate surface area is 133 Å². The summed E-state index contributed by atoms with van der Waals surface area (Å²) in [5.41, 5.74) is 2.15. The molecule has 1 N–H and O–H groups in total. The van der Waals surface area contributed by atoms with E-state index in [-0.39, 0.29) is 5.91 Å². The lowest BCUT2D eigenvalue weighted by Gasteiger charge is -2.03. The van der Waals surface area contributed by atoms with Gasteiger partial charge in [0.05, 0.1) is 18.3 Å². The van der Waals surface area contributed by atoms with Crippen LogP contribution in [0, 0.1) is 0 Å². The zero-order chi connectivity index (χ0) is 15.2. The van der Waals surface area contributed by atoms with Crippen LogP contribution in [-0.4, -0.2) is 22.2 Å². The molecule has 0 spiro atoms. The third-order valence-electron chi connectivity index (χ3n) is 3.31. The molecule has 0 radical (unpaired) electrons. The molecule has 5 heteroatoms. The van der Waals surface area contributed by atoms with Gasteiger partial charge < -0.3 is 5.32 Å². The lowest BCUT2D eigenvalue weighted by molar-refractivity contribution is -0.120. The number of benzene rings is 1. The van der Waals surface area contributed by atoms with E-state index in [2.05, 4.69) is 10.4 Å². The second-order valence-electron chi connectivity index (χ2n) is 4.98. The van der Waals surface area contributed by atoms with E-state index in [0.717, 1.165) is 22.5 Å². The molecule has 0 atom stereocenters. The molecule has 0 bridgehead atoms. The highest BCUT2D eigenvalue weighted by atomic mass is 32.1. The van der Waals surface area contributed by atoms with Crippen molar-refractivity contribution in [3.8, 4) is 5.69 Å². The average Bonchev–Trinajstić information content (AvgIpc) is 3.20. The molecule has 112 valence electrons. The summed E-state index contributed by atoms with van der Waals surface area (Å²) in [6.07, 6.45) is 5.09. The number of hydrogen-bond donors (Lipinski definition) is 1. The zero-order valence-corrected chi connectivity index (χ0v) is 12.9. The van der Waals surface area contributed by atoms with Crippen molar-refractivity contribution in [2.24, 2.45) is 0 Å². The minimum absolute atomic E-state index is 0.0675. The first-order valence-electron chi connectivity index (χ1n) is 7.19. The van der Waals surface area contributed by atoms with Crippen LogP contribution in [0.1, 0.15) is 10.4 Å². The van der Waals surface area contributed by atoms with E-state index in [0.29, 0.717) is 13.0 Å². The summed E-state index contributed by atoms with van der Waals surface area (Å²) in [6, 6.07) is 13.9. The van der Waals surface area contributed by atoms with Crippen molar-refractivity contribution in [1.82, 2.24) is 15.1 Å². The highest BCUT2D eigenvalue weighted by Gasteiger charge is 2.05. The molecule has 0 saturated carbocycles. The molecule has 0 aliphatic heterocycles. The maximum atomic E-state index is 11.8. The lowest BCUT2D eigenvalue weighted by atomic mass is 10.2. The molecule has 0 aliphatic rings. The molecule has 3 aromatic rings. The fourth-order valence-corrected chi connectivity index (χ4v) is 2.89. The van der Waals surface area contributed by atoms with E-state index in [4.69, 9.17) is 0 Å². The van der Waals surface area contributed by atoms with Gasteiger partial charge in [-0.15, -0.1) is 11.3 Å². The van der Waals surface area contributed by atoms with Gasteiger partial charge in [-0.25, -0.2) is 4.68 Å². The number of carbonyl (C=O) groups is 1. The van der Waals surface area contributed by atoms with Crippen molar-refractivity contribution >= 4 is 17.2 Å². The van der Waals surface area contributed by atoms with Crippen LogP contribution in [0.5, 0.6) is 0 Å². The molecular weight excluding hydrogens is 294 g/mol. The second-order valence-corrected chi connectivity index (χ2v) is 6.02. The Morgan fingerprint density at radius 2 is 2.05 bits per heavy atom. The lowest BCUT2D eigenvalue weighted by Crippen LogP contribution is -2.26. The van der Waals surface area contributed by atoms with Crippen LogP contribution in [0.25, 0.3) is 5.69 Å². The predicted octanol–water partition coefficient (Wildman–Crippen LogP) is 2.84. The van der Waals surface area contributed by atoms with Crippen molar-refractivity contribution in [3.63, 3.8) is 0 Å². The summed E-state index contributed by atoms with van der Waals surface area (Å²) in [5.74, 6) is 0.0675. The zero-order valence-electron chi connectivity index (χ0n) is 12.1. The van der Waals surface area contributed by atoms with Gasteiger partial charge in [-0.05, 0) is 35.6 Å². The number of thiophene rings is 1. The number of carbonyl (C=O) groups excluding carboxylic acids is 1. The Morgan fingerprint density at radius 1 is 1.18 bits per heavy atom. The number of hydrogen-bond acceptors (Lipinski definition) is 3. The minimum atomic E-state index is 0.0675. The van der Waals surface area contributed by atoms with Gasteiger partial charge in [0.25, 0.3) is 0 Å². The van der Waals surface area contributed by atoms with Crippen LogP contribution < -0.4 is 5.32 Å². The largest absolute Gasteiger partial charge is 0.355 e. The maximum absolute atomic E-state index is 11.8. The van der Waals surface area contributed by atoms with E-state index in [1.807, 2.05) is 64.9 Å². The van der Waals surface area contributed by atoms with Crippen LogP contribution in [0.4, 0.5) is 0 Å². The summed E-state index contributed by atoms with van der Waals surface area (Å²) in [4.78, 5) is 12.9. The molecule has 0 aliphatic carbocycles. The van der Waals surface area contributed by atoms with Gasteiger partial charge in [-0.1, -0.05) is 24.3 Å². The summed E-state index contributed by atoms with van der Waals surface area (Å²) in [6.45, 7) is 0.630. The number of para-hydroxylation sites is 1. The first-order valence-corrected chi connectivity index (χ1v) is 8.07. The molecule has 2 aromatic heterocycles. The maximum Gasteiger partial charge on any atom is 0.225 e. The Balaban J connectivity index is 1.48. The molecule has 1 amide bonds. The van der Waals surface area contributed by atoms with Crippen molar-refractivity contribution in [2.45, 2.75) is 12.8 Å². The van der Waals surface area contributed by atoms with Gasteiger partial charge in [-0.2, -0.15) is 5.10 Å². The molecular formula is C17H17N3OS. The van der Waals surface area contributed by atoms with Crippen molar-refractivity contribution in [3.05, 3.63) is 70.7 Å². The van der Waals surface area contributed by atoms with Crippen LogP contribution in [0.2, 0.25) is 0 Å². The van der Waals surface area contributed by atoms with E-state index < -0.39 is 0 Å². The monoisotopic (exact) mass is 311 g/mol. The van der Waals surface area contributed by atoms with Gasteiger partial charge in [0.15, 0.2) is 0 Å². The van der Waals surface area contributed by atoms with Crippen LogP contribution in [0.3, 0.4) is 0 Å². The average molecular weight is 311 g/mol. The molecule has 0 saturated heterocycles. The van der Waals surface area contributed by atoms with Crippen LogP contribution in [-0.2, 0) is 17.6 Å². The number of amides is 1. The van der Waals surface area contributed by atoms with Crippen molar-refractivity contribution in [2.75, 3.05) is 6.54 Å². The third kappa shape index (κ3) is 3.83. The van der Waals surface area contributed by atoms with Gasteiger partial charge in [0.1, 0.15) is 0 Å².